The number of aromatic nitrogens is 1. The lowest BCUT2D eigenvalue weighted by Crippen LogP contribution is -2.28. The van der Waals surface area contributed by atoms with Crippen molar-refractivity contribution in [3.05, 3.63) is 42.2 Å². The van der Waals surface area contributed by atoms with Gasteiger partial charge in [-0.3, -0.25) is 4.98 Å². The van der Waals surface area contributed by atoms with E-state index >= 15 is 0 Å². The third-order valence-electron chi connectivity index (χ3n) is 4.09. The summed E-state index contributed by atoms with van der Waals surface area (Å²) in [5.41, 5.74) is 1.27. The Morgan fingerprint density at radius 1 is 1.11 bits per heavy atom. The molecule has 0 radical (unpaired) electrons. The zero-order chi connectivity index (χ0) is 20.4. The van der Waals surface area contributed by atoms with Crippen molar-refractivity contribution >= 4 is 11.7 Å². The summed E-state index contributed by atoms with van der Waals surface area (Å²) < 4.78 is 16.4. The third-order valence-corrected chi connectivity index (χ3v) is 4.09. The lowest BCUT2D eigenvalue weighted by molar-refractivity contribution is 0.251. The maximum Gasteiger partial charge on any atom is 0.319 e. The topological polar surface area (TPSA) is 81.7 Å². The predicted molar refractivity (Wildman–Crippen MR) is 109 cm³/mol. The third kappa shape index (κ3) is 6.64. The molecule has 28 heavy (non-hydrogen) atoms. The molecule has 0 aliphatic rings. The molecule has 0 bridgehead atoms. The molecule has 2 N–H and O–H groups in total. The van der Waals surface area contributed by atoms with E-state index in [0.717, 1.165) is 12.8 Å². The SMILES string of the molecule is COc1ccc(NC(=O)NCc2ncccc2OC)cc1OCCCC(C)C. The molecule has 0 saturated carbocycles. The van der Waals surface area contributed by atoms with E-state index in [-0.39, 0.29) is 12.6 Å². The normalized spacial score (nSPS) is 10.5. The van der Waals surface area contributed by atoms with Gasteiger partial charge in [0.2, 0.25) is 0 Å². The smallest absolute Gasteiger partial charge is 0.319 e. The van der Waals surface area contributed by atoms with Crippen LogP contribution in [0.5, 0.6) is 17.2 Å². The van der Waals surface area contributed by atoms with Gasteiger partial charge in [0.25, 0.3) is 0 Å². The number of hydrogen-bond donors (Lipinski definition) is 2. The first-order valence-corrected chi connectivity index (χ1v) is 9.37. The number of carbonyl (C=O) groups is 1. The number of amides is 2. The molecule has 7 nitrogen and oxygen atoms in total. The van der Waals surface area contributed by atoms with E-state index in [2.05, 4.69) is 29.5 Å². The maximum absolute atomic E-state index is 12.2. The molecule has 7 heteroatoms. The molecule has 2 aromatic rings. The minimum atomic E-state index is -0.344. The van der Waals surface area contributed by atoms with Crippen LogP contribution in [0.25, 0.3) is 0 Å². The lowest BCUT2D eigenvalue weighted by atomic mass is 10.1. The second-order valence-corrected chi connectivity index (χ2v) is 6.71. The summed E-state index contributed by atoms with van der Waals surface area (Å²) in [6.45, 7) is 5.22. The Balaban J connectivity index is 1.93. The van der Waals surface area contributed by atoms with Gasteiger partial charge in [0.05, 0.1) is 27.4 Å². The fraction of sp³-hybridized carbons (Fsp3) is 0.429. The van der Waals surface area contributed by atoms with Gasteiger partial charge in [0, 0.05) is 18.0 Å². The van der Waals surface area contributed by atoms with Gasteiger partial charge in [0.15, 0.2) is 11.5 Å². The van der Waals surface area contributed by atoms with E-state index < -0.39 is 0 Å². The van der Waals surface area contributed by atoms with Crippen molar-refractivity contribution < 1.29 is 19.0 Å². The van der Waals surface area contributed by atoms with Crippen LogP contribution in [0.1, 0.15) is 32.4 Å². The Morgan fingerprint density at radius 3 is 2.61 bits per heavy atom. The number of carbonyl (C=O) groups excluding carboxylic acids is 1. The number of pyridine rings is 1. The Hall–Kier alpha value is -2.96. The van der Waals surface area contributed by atoms with Crippen LogP contribution in [0.3, 0.4) is 0 Å². The predicted octanol–water partition coefficient (Wildman–Crippen LogP) is 4.24. The molecular formula is C21H29N3O4. The van der Waals surface area contributed by atoms with Crippen molar-refractivity contribution in [3.8, 4) is 17.2 Å². The van der Waals surface area contributed by atoms with Crippen LogP contribution in [0.4, 0.5) is 10.5 Å². The minimum absolute atomic E-state index is 0.255. The second kappa shape index (κ2) is 11.0. The fourth-order valence-electron chi connectivity index (χ4n) is 2.62. The summed E-state index contributed by atoms with van der Waals surface area (Å²) in [6, 6.07) is 8.53. The highest BCUT2D eigenvalue weighted by atomic mass is 16.5. The first-order valence-electron chi connectivity index (χ1n) is 9.37. The van der Waals surface area contributed by atoms with Crippen molar-refractivity contribution in [2.24, 2.45) is 5.92 Å². The van der Waals surface area contributed by atoms with Crippen molar-refractivity contribution in [2.45, 2.75) is 33.2 Å². The van der Waals surface area contributed by atoms with Crippen LogP contribution >= 0.6 is 0 Å². The fourth-order valence-corrected chi connectivity index (χ4v) is 2.62. The first kappa shape index (κ1) is 21.3. The van der Waals surface area contributed by atoms with Crippen LogP contribution in [-0.4, -0.2) is 31.8 Å². The van der Waals surface area contributed by atoms with Gasteiger partial charge >= 0.3 is 6.03 Å². The van der Waals surface area contributed by atoms with Gasteiger partial charge in [-0.05, 0) is 43.0 Å². The Kier molecular flexibility index (Phi) is 8.39. The average Bonchev–Trinajstić information content (AvgIpc) is 2.70. The van der Waals surface area contributed by atoms with E-state index in [1.807, 2.05) is 0 Å². The lowest BCUT2D eigenvalue weighted by Gasteiger charge is -2.14. The number of urea groups is 1. The number of nitrogens with zero attached hydrogens (tertiary/aromatic N) is 1. The molecule has 0 spiro atoms. The van der Waals surface area contributed by atoms with Gasteiger partial charge in [-0.2, -0.15) is 0 Å². The van der Waals surface area contributed by atoms with E-state index in [0.29, 0.717) is 41.2 Å². The first-order chi connectivity index (χ1) is 13.5. The van der Waals surface area contributed by atoms with Crippen LogP contribution < -0.4 is 24.8 Å². The summed E-state index contributed by atoms with van der Waals surface area (Å²) in [4.78, 5) is 16.4. The van der Waals surface area contributed by atoms with E-state index in [4.69, 9.17) is 14.2 Å². The summed E-state index contributed by atoms with van der Waals surface area (Å²) in [5, 5.41) is 5.57. The van der Waals surface area contributed by atoms with Crippen molar-refractivity contribution in [1.29, 1.82) is 0 Å². The van der Waals surface area contributed by atoms with Gasteiger partial charge in [-0.1, -0.05) is 13.8 Å². The number of anilines is 1. The number of nitrogens with one attached hydrogen (secondary N) is 2. The zero-order valence-electron chi connectivity index (χ0n) is 17.0. The number of methoxy groups -OCH3 is 2. The van der Waals surface area contributed by atoms with Crippen LogP contribution in [0.15, 0.2) is 36.5 Å². The Morgan fingerprint density at radius 2 is 1.89 bits per heavy atom. The van der Waals surface area contributed by atoms with Gasteiger partial charge in [-0.25, -0.2) is 4.79 Å². The average molecular weight is 387 g/mol. The van der Waals surface area contributed by atoms with Crippen LogP contribution in [-0.2, 0) is 6.54 Å². The Labute approximate surface area is 166 Å². The highest BCUT2D eigenvalue weighted by Gasteiger charge is 2.10. The number of benzene rings is 1. The van der Waals surface area contributed by atoms with Crippen molar-refractivity contribution in [3.63, 3.8) is 0 Å². The van der Waals surface area contributed by atoms with Gasteiger partial charge < -0.3 is 24.8 Å². The van der Waals surface area contributed by atoms with Crippen LogP contribution in [0.2, 0.25) is 0 Å². The van der Waals surface area contributed by atoms with E-state index in [1.54, 1.807) is 50.7 Å². The Bertz CT molecular complexity index is 765. The highest BCUT2D eigenvalue weighted by molar-refractivity contribution is 5.89. The second-order valence-electron chi connectivity index (χ2n) is 6.71. The number of rotatable bonds is 10. The molecule has 1 heterocycles. The molecule has 0 aliphatic carbocycles. The largest absolute Gasteiger partial charge is 0.495 e. The molecule has 0 unspecified atom stereocenters. The van der Waals surface area contributed by atoms with E-state index in [9.17, 15) is 4.79 Å². The summed E-state index contributed by atoms with van der Waals surface area (Å²) in [6.07, 6.45) is 3.72. The molecule has 152 valence electrons. The number of hydrogen-bond acceptors (Lipinski definition) is 5. The molecule has 0 fully saturated rings. The van der Waals surface area contributed by atoms with Gasteiger partial charge in [-0.15, -0.1) is 0 Å². The zero-order valence-corrected chi connectivity index (χ0v) is 17.0. The molecule has 1 aromatic carbocycles. The van der Waals surface area contributed by atoms with Crippen molar-refractivity contribution in [1.82, 2.24) is 10.3 Å². The summed E-state index contributed by atoms with van der Waals surface area (Å²) in [7, 11) is 3.16. The summed E-state index contributed by atoms with van der Waals surface area (Å²) >= 11 is 0. The molecule has 0 aliphatic heterocycles. The summed E-state index contributed by atoms with van der Waals surface area (Å²) in [5.74, 6) is 2.51. The minimum Gasteiger partial charge on any atom is -0.495 e. The highest BCUT2D eigenvalue weighted by Crippen LogP contribution is 2.30. The maximum atomic E-state index is 12.2. The van der Waals surface area contributed by atoms with E-state index in [1.165, 1.54) is 0 Å². The molecule has 0 saturated heterocycles. The molecule has 2 rings (SSSR count). The molecule has 2 amide bonds. The van der Waals surface area contributed by atoms with Crippen LogP contribution in [0, 0.1) is 5.92 Å². The molecular weight excluding hydrogens is 358 g/mol. The monoisotopic (exact) mass is 387 g/mol. The molecule has 1 aromatic heterocycles. The van der Waals surface area contributed by atoms with Crippen molar-refractivity contribution in [2.75, 3.05) is 26.1 Å². The molecule has 0 atom stereocenters. The number of ether oxygens (including phenoxy) is 3. The quantitative estimate of drug-likeness (QED) is 0.596. The van der Waals surface area contributed by atoms with Gasteiger partial charge in [0.1, 0.15) is 11.4 Å². The standard InChI is InChI=1S/C21H29N3O4/c1-15(2)7-6-12-28-20-13-16(9-10-19(20)27-4)24-21(25)23-14-17-18(26-3)8-5-11-22-17/h5,8-11,13,15H,6-7,12,14H2,1-4H3,(H2,23,24,25).